The molecule has 0 amide bonds. The zero-order valence-electron chi connectivity index (χ0n) is 14.2. The zero-order valence-corrected chi connectivity index (χ0v) is 14.2. The van der Waals surface area contributed by atoms with E-state index < -0.39 is 0 Å². The molecular weight excluding hydrogens is 324 g/mol. The van der Waals surface area contributed by atoms with Crippen molar-refractivity contribution in [1.29, 1.82) is 0 Å². The molecule has 6 rings (SSSR count). The normalized spacial score (nSPS) is 26.8. The fraction of sp³-hybridized carbons (Fsp3) is 0.217. The van der Waals surface area contributed by atoms with Crippen LogP contribution in [0.25, 0.3) is 0 Å². The molecule has 3 heteroatoms. The van der Waals surface area contributed by atoms with Gasteiger partial charge in [0.25, 0.3) is 0 Å². The molecule has 0 radical (unpaired) electrons. The fourth-order valence-corrected chi connectivity index (χ4v) is 5.83. The van der Waals surface area contributed by atoms with Crippen molar-refractivity contribution in [3.63, 3.8) is 0 Å². The Morgan fingerprint density at radius 3 is 1.88 bits per heavy atom. The van der Waals surface area contributed by atoms with Crippen molar-refractivity contribution in [3.05, 3.63) is 88.0 Å². The van der Waals surface area contributed by atoms with Crippen LogP contribution in [0.15, 0.2) is 54.6 Å². The second-order valence-corrected chi connectivity index (χ2v) is 8.11. The van der Waals surface area contributed by atoms with Crippen molar-refractivity contribution >= 4 is 0 Å². The monoisotopic (exact) mass is 342 g/mol. The zero-order chi connectivity index (χ0) is 17.7. The summed E-state index contributed by atoms with van der Waals surface area (Å²) in [6, 6.07) is 17.1. The number of aromatic hydroxyl groups is 3. The van der Waals surface area contributed by atoms with Crippen LogP contribution in [0.1, 0.15) is 39.8 Å². The van der Waals surface area contributed by atoms with Gasteiger partial charge in [0, 0.05) is 10.8 Å². The number of fused-ring (bicyclic) bond motifs is 7. The molecule has 0 heterocycles. The summed E-state index contributed by atoms with van der Waals surface area (Å²) < 4.78 is 0. The molecular formula is C23H18O3. The van der Waals surface area contributed by atoms with Gasteiger partial charge in [-0.3, -0.25) is 0 Å². The lowest BCUT2D eigenvalue weighted by atomic mass is 9.55. The van der Waals surface area contributed by atoms with Crippen LogP contribution >= 0.6 is 0 Å². The summed E-state index contributed by atoms with van der Waals surface area (Å²) >= 11 is 0. The molecule has 0 bridgehead atoms. The first-order chi connectivity index (χ1) is 12.5. The van der Waals surface area contributed by atoms with Gasteiger partial charge in [-0.25, -0.2) is 0 Å². The van der Waals surface area contributed by atoms with Gasteiger partial charge in [0.1, 0.15) is 17.2 Å². The molecule has 0 saturated carbocycles. The number of benzene rings is 3. The first-order valence-electron chi connectivity index (χ1n) is 9.01. The minimum atomic E-state index is -0.141. The van der Waals surface area contributed by atoms with Gasteiger partial charge < -0.3 is 15.3 Å². The summed E-state index contributed by atoms with van der Waals surface area (Å²) in [6.45, 7) is 0. The quantitative estimate of drug-likeness (QED) is 0.581. The largest absolute Gasteiger partial charge is 0.508 e. The van der Waals surface area contributed by atoms with Crippen LogP contribution in [0.3, 0.4) is 0 Å². The van der Waals surface area contributed by atoms with E-state index in [-0.39, 0.29) is 10.8 Å². The molecule has 2 atom stereocenters. The third-order valence-corrected chi connectivity index (χ3v) is 6.84. The lowest BCUT2D eigenvalue weighted by molar-refractivity contribution is 0.333. The highest BCUT2D eigenvalue weighted by atomic mass is 16.3. The Balaban J connectivity index is 1.60. The molecule has 128 valence electrons. The van der Waals surface area contributed by atoms with Crippen LogP contribution in [0.5, 0.6) is 17.2 Å². The SMILES string of the molecule is Oc1ccc2c(c1)CC21CC2(Cc3ccc(O)cc32)c2cc(O)ccc21. The molecule has 26 heavy (non-hydrogen) atoms. The first kappa shape index (κ1) is 14.3. The highest BCUT2D eigenvalue weighted by Gasteiger charge is 2.61. The van der Waals surface area contributed by atoms with Gasteiger partial charge in [-0.1, -0.05) is 18.2 Å². The number of rotatable bonds is 0. The molecule has 0 saturated heterocycles. The minimum absolute atomic E-state index is 0.0603. The third-order valence-electron chi connectivity index (χ3n) is 6.84. The van der Waals surface area contributed by atoms with Crippen LogP contribution in [0, 0.1) is 0 Å². The number of phenols is 3. The van der Waals surface area contributed by atoms with Crippen molar-refractivity contribution in [2.45, 2.75) is 30.1 Å². The van der Waals surface area contributed by atoms with Crippen molar-refractivity contribution in [3.8, 4) is 17.2 Å². The maximum atomic E-state index is 10.2. The summed E-state index contributed by atoms with van der Waals surface area (Å²) in [5.74, 6) is 0.902. The maximum Gasteiger partial charge on any atom is 0.115 e. The molecule has 3 aliphatic rings. The van der Waals surface area contributed by atoms with Gasteiger partial charge in [0.2, 0.25) is 0 Å². The Morgan fingerprint density at radius 2 is 1.12 bits per heavy atom. The van der Waals surface area contributed by atoms with E-state index in [1.165, 1.54) is 33.4 Å². The van der Waals surface area contributed by atoms with Crippen molar-refractivity contribution in [2.24, 2.45) is 0 Å². The highest BCUT2D eigenvalue weighted by Crippen LogP contribution is 2.66. The highest BCUT2D eigenvalue weighted by molar-refractivity contribution is 5.69. The maximum absolute atomic E-state index is 10.2. The number of hydrogen-bond acceptors (Lipinski definition) is 3. The Hall–Kier alpha value is -2.94. The van der Waals surface area contributed by atoms with E-state index in [2.05, 4.69) is 6.07 Å². The van der Waals surface area contributed by atoms with Gasteiger partial charge >= 0.3 is 0 Å². The van der Waals surface area contributed by atoms with Gasteiger partial charge in [-0.15, -0.1) is 0 Å². The standard InChI is InChI=1S/C23H18O3/c24-15-3-5-18-14(7-15)11-22(18)12-23(21-9-17(26)4-6-19(21)22)10-13-1-2-16(25)8-20(13)23/h1-9,24-26H,10-12H2. The molecule has 2 unspecified atom stereocenters. The summed E-state index contributed by atoms with van der Waals surface area (Å²) in [7, 11) is 0. The lowest BCUT2D eigenvalue weighted by Gasteiger charge is -2.47. The van der Waals surface area contributed by atoms with Crippen LogP contribution < -0.4 is 0 Å². The Morgan fingerprint density at radius 1 is 0.538 bits per heavy atom. The second kappa shape index (κ2) is 4.24. The first-order valence-corrected chi connectivity index (χ1v) is 9.01. The predicted molar refractivity (Wildman–Crippen MR) is 97.9 cm³/mol. The molecule has 3 nitrogen and oxygen atoms in total. The molecule has 3 aromatic carbocycles. The molecule has 0 aromatic heterocycles. The number of hydrogen-bond donors (Lipinski definition) is 3. The summed E-state index contributed by atoms with van der Waals surface area (Å²) in [6.07, 6.45) is 2.80. The van der Waals surface area contributed by atoms with Crippen LogP contribution in [0.4, 0.5) is 0 Å². The number of phenolic OH excluding ortho intramolecular Hbond substituents is 3. The molecule has 3 aromatic rings. The van der Waals surface area contributed by atoms with E-state index in [0.29, 0.717) is 17.2 Å². The molecule has 3 aliphatic carbocycles. The van der Waals surface area contributed by atoms with Gasteiger partial charge in [-0.2, -0.15) is 0 Å². The van der Waals surface area contributed by atoms with Crippen molar-refractivity contribution in [1.82, 2.24) is 0 Å². The van der Waals surface area contributed by atoms with E-state index >= 15 is 0 Å². The third kappa shape index (κ3) is 1.46. The van der Waals surface area contributed by atoms with E-state index in [4.69, 9.17) is 0 Å². The van der Waals surface area contributed by atoms with Gasteiger partial charge in [-0.05, 0) is 89.0 Å². The summed E-state index contributed by atoms with van der Waals surface area (Å²) in [4.78, 5) is 0. The van der Waals surface area contributed by atoms with Gasteiger partial charge in [0.05, 0.1) is 0 Å². The van der Waals surface area contributed by atoms with Crippen LogP contribution in [0.2, 0.25) is 0 Å². The topological polar surface area (TPSA) is 60.7 Å². The average molecular weight is 342 g/mol. The van der Waals surface area contributed by atoms with Crippen molar-refractivity contribution in [2.75, 3.05) is 0 Å². The molecule has 0 aliphatic heterocycles. The van der Waals surface area contributed by atoms with E-state index in [0.717, 1.165) is 19.3 Å². The van der Waals surface area contributed by atoms with E-state index in [9.17, 15) is 15.3 Å². The lowest BCUT2D eigenvalue weighted by Crippen LogP contribution is -2.44. The summed E-state index contributed by atoms with van der Waals surface area (Å²) in [5, 5.41) is 30.0. The van der Waals surface area contributed by atoms with Crippen LogP contribution in [-0.2, 0) is 23.7 Å². The van der Waals surface area contributed by atoms with Crippen molar-refractivity contribution < 1.29 is 15.3 Å². The molecule has 2 spiro atoms. The van der Waals surface area contributed by atoms with E-state index in [1.54, 1.807) is 18.2 Å². The molecule has 3 N–H and O–H groups in total. The Kier molecular flexibility index (Phi) is 2.32. The van der Waals surface area contributed by atoms with E-state index in [1.807, 2.05) is 30.3 Å². The second-order valence-electron chi connectivity index (χ2n) is 8.11. The minimum Gasteiger partial charge on any atom is -0.508 e. The Labute approximate surface area is 151 Å². The fourth-order valence-electron chi connectivity index (χ4n) is 5.83. The smallest absolute Gasteiger partial charge is 0.115 e. The van der Waals surface area contributed by atoms with Gasteiger partial charge in [0.15, 0.2) is 0 Å². The predicted octanol–water partition coefficient (Wildman–Crippen LogP) is 3.89. The Bertz CT molecular complexity index is 1120. The molecule has 0 fully saturated rings. The van der Waals surface area contributed by atoms with Crippen LogP contribution in [-0.4, -0.2) is 15.3 Å². The summed E-state index contributed by atoms with van der Waals surface area (Å²) in [5.41, 5.74) is 7.22. The average Bonchev–Trinajstić information content (AvgIpc) is 2.89.